The number of nitrogens with zero attached hydrogens (tertiary/aromatic N) is 2. The van der Waals surface area contributed by atoms with Gasteiger partial charge in [-0.25, -0.2) is 8.42 Å². The Bertz CT molecular complexity index is 1010. The summed E-state index contributed by atoms with van der Waals surface area (Å²) in [6, 6.07) is 10.4. The maximum absolute atomic E-state index is 12.6. The van der Waals surface area contributed by atoms with E-state index in [-0.39, 0.29) is 21.8 Å². The Morgan fingerprint density at radius 3 is 2.43 bits per heavy atom. The number of nitro benzene ring substituents is 1. The normalized spacial score (nSPS) is 14.5. The maximum Gasteiger partial charge on any atom is 0.293 e. The van der Waals surface area contributed by atoms with Gasteiger partial charge in [-0.15, -0.1) is 0 Å². The molecule has 2 aromatic carbocycles. The number of piperidine rings is 1. The number of hydrogen-bond acceptors (Lipinski definition) is 6. The Balaban J connectivity index is 1.91. The van der Waals surface area contributed by atoms with Crippen LogP contribution < -0.4 is 10.2 Å². The molecule has 0 spiro atoms. The van der Waals surface area contributed by atoms with Gasteiger partial charge in [0.2, 0.25) is 0 Å². The average molecular weight is 403 g/mol. The summed E-state index contributed by atoms with van der Waals surface area (Å²) in [5, 5.41) is 14.1. The molecule has 1 saturated heterocycles. The van der Waals surface area contributed by atoms with E-state index < -0.39 is 20.7 Å². The number of hydrogen-bond donors (Lipinski definition) is 1. The molecule has 1 N–H and O–H groups in total. The van der Waals surface area contributed by atoms with Crippen molar-refractivity contribution in [2.75, 3.05) is 29.6 Å². The number of anilines is 2. The fourth-order valence-corrected chi connectivity index (χ4v) is 4.15. The predicted molar refractivity (Wildman–Crippen MR) is 107 cm³/mol. The summed E-state index contributed by atoms with van der Waals surface area (Å²) in [5.41, 5.74) is 0.595. The zero-order chi connectivity index (χ0) is 20.3. The third kappa shape index (κ3) is 4.30. The van der Waals surface area contributed by atoms with E-state index in [0.717, 1.165) is 38.6 Å². The van der Waals surface area contributed by atoms with E-state index in [1.165, 1.54) is 24.3 Å². The third-order valence-corrected chi connectivity index (χ3v) is 5.82. The molecule has 3 rings (SSSR count). The van der Waals surface area contributed by atoms with Gasteiger partial charge >= 0.3 is 0 Å². The van der Waals surface area contributed by atoms with E-state index in [9.17, 15) is 23.3 Å². The highest BCUT2D eigenvalue weighted by Gasteiger charge is 2.23. The van der Waals surface area contributed by atoms with Crippen molar-refractivity contribution in [2.45, 2.75) is 24.2 Å². The van der Waals surface area contributed by atoms with Crippen molar-refractivity contribution in [3.05, 3.63) is 58.1 Å². The number of amides is 1. The molecule has 148 valence electrons. The number of carbonyl (C=O) groups excluding carboxylic acids is 1. The molecule has 1 aliphatic rings. The van der Waals surface area contributed by atoms with Crippen molar-refractivity contribution in [1.82, 2.24) is 0 Å². The van der Waals surface area contributed by atoms with Gasteiger partial charge in [-0.3, -0.25) is 14.9 Å². The van der Waals surface area contributed by atoms with Crippen LogP contribution in [0, 0.1) is 10.1 Å². The number of para-hydroxylation sites is 1. The van der Waals surface area contributed by atoms with Crippen molar-refractivity contribution in [3.8, 4) is 0 Å². The smallest absolute Gasteiger partial charge is 0.293 e. The summed E-state index contributed by atoms with van der Waals surface area (Å²) in [4.78, 5) is 25.6. The molecule has 8 nitrogen and oxygen atoms in total. The molecule has 0 unspecified atom stereocenters. The lowest BCUT2D eigenvalue weighted by atomic mass is 10.1. The van der Waals surface area contributed by atoms with Crippen LogP contribution in [0.4, 0.5) is 17.1 Å². The molecule has 0 atom stereocenters. The summed E-state index contributed by atoms with van der Waals surface area (Å²) < 4.78 is 23.8. The Morgan fingerprint density at radius 1 is 1.11 bits per heavy atom. The molecular weight excluding hydrogens is 382 g/mol. The highest BCUT2D eigenvalue weighted by atomic mass is 32.2. The fourth-order valence-electron chi connectivity index (χ4n) is 3.30. The minimum Gasteiger partial charge on any atom is -0.366 e. The summed E-state index contributed by atoms with van der Waals surface area (Å²) in [6.45, 7) is 1.49. The van der Waals surface area contributed by atoms with Crippen molar-refractivity contribution >= 4 is 32.8 Å². The number of benzene rings is 2. The van der Waals surface area contributed by atoms with E-state index in [0.29, 0.717) is 5.69 Å². The molecule has 0 aromatic heterocycles. The number of carbonyl (C=O) groups is 1. The van der Waals surface area contributed by atoms with Gasteiger partial charge in [-0.1, -0.05) is 12.1 Å². The second-order valence-corrected chi connectivity index (χ2v) is 8.71. The highest BCUT2D eigenvalue weighted by Crippen LogP contribution is 2.32. The molecule has 1 fully saturated rings. The van der Waals surface area contributed by atoms with Crippen LogP contribution in [0.5, 0.6) is 0 Å². The zero-order valence-electron chi connectivity index (χ0n) is 15.4. The molecule has 2 aromatic rings. The summed E-state index contributed by atoms with van der Waals surface area (Å²) in [7, 11) is -3.53. The van der Waals surface area contributed by atoms with Crippen LogP contribution in [0.25, 0.3) is 0 Å². The summed E-state index contributed by atoms with van der Waals surface area (Å²) >= 11 is 0. The van der Waals surface area contributed by atoms with E-state index in [1.807, 2.05) is 4.90 Å². The topological polar surface area (TPSA) is 110 Å². The number of nitro groups is 1. The first kappa shape index (κ1) is 19.8. The fraction of sp³-hybridized carbons (Fsp3) is 0.316. The molecule has 1 heterocycles. The monoisotopic (exact) mass is 403 g/mol. The molecule has 9 heteroatoms. The summed E-state index contributed by atoms with van der Waals surface area (Å²) in [6.07, 6.45) is 4.10. The zero-order valence-corrected chi connectivity index (χ0v) is 16.2. The van der Waals surface area contributed by atoms with Crippen LogP contribution in [0.15, 0.2) is 47.4 Å². The van der Waals surface area contributed by atoms with Crippen LogP contribution in [0.2, 0.25) is 0 Å². The molecule has 0 aliphatic carbocycles. The number of nitrogens with one attached hydrogen (secondary N) is 1. The largest absolute Gasteiger partial charge is 0.366 e. The molecule has 0 radical (unpaired) electrons. The van der Waals surface area contributed by atoms with Gasteiger partial charge in [0.25, 0.3) is 11.6 Å². The second-order valence-electron chi connectivity index (χ2n) is 6.73. The molecule has 0 bridgehead atoms. The Hall–Kier alpha value is -2.94. The molecular formula is C19H21N3O5S. The van der Waals surface area contributed by atoms with Gasteiger partial charge in [-0.05, 0) is 43.5 Å². The second kappa shape index (κ2) is 7.97. The van der Waals surface area contributed by atoms with Crippen molar-refractivity contribution in [2.24, 2.45) is 0 Å². The van der Waals surface area contributed by atoms with Crippen LogP contribution in [0.3, 0.4) is 0 Å². The Morgan fingerprint density at radius 2 is 1.79 bits per heavy atom. The number of rotatable bonds is 5. The Labute approximate surface area is 163 Å². The lowest BCUT2D eigenvalue weighted by Crippen LogP contribution is -2.30. The van der Waals surface area contributed by atoms with Gasteiger partial charge in [-0.2, -0.15) is 0 Å². The van der Waals surface area contributed by atoms with E-state index >= 15 is 0 Å². The van der Waals surface area contributed by atoms with Crippen molar-refractivity contribution in [3.63, 3.8) is 0 Å². The molecule has 1 aliphatic heterocycles. The Kier molecular flexibility index (Phi) is 5.64. The van der Waals surface area contributed by atoms with E-state index in [2.05, 4.69) is 5.32 Å². The first-order chi connectivity index (χ1) is 13.3. The van der Waals surface area contributed by atoms with E-state index in [1.54, 1.807) is 18.2 Å². The minimum absolute atomic E-state index is 0.0113. The molecule has 1 amide bonds. The SMILES string of the molecule is CS(=O)(=O)c1ccccc1NC(=O)c1ccc(N2CCCCC2)c([N+](=O)[O-])c1. The lowest BCUT2D eigenvalue weighted by Gasteiger charge is -2.28. The van der Waals surface area contributed by atoms with E-state index in [4.69, 9.17) is 0 Å². The maximum atomic E-state index is 12.6. The first-order valence-electron chi connectivity index (χ1n) is 8.91. The summed E-state index contributed by atoms with van der Waals surface area (Å²) in [5.74, 6) is -0.607. The van der Waals surface area contributed by atoms with Crippen LogP contribution in [-0.2, 0) is 9.84 Å². The van der Waals surface area contributed by atoms with Crippen molar-refractivity contribution < 1.29 is 18.1 Å². The van der Waals surface area contributed by atoms with Crippen LogP contribution >= 0.6 is 0 Å². The van der Waals surface area contributed by atoms with Gasteiger partial charge in [0.1, 0.15) is 5.69 Å². The van der Waals surface area contributed by atoms with Crippen LogP contribution in [-0.4, -0.2) is 38.6 Å². The standard InChI is InChI=1S/C19H21N3O5S/c1-28(26,27)18-8-4-3-7-15(18)20-19(23)14-9-10-16(17(13-14)22(24)25)21-11-5-2-6-12-21/h3-4,7-10,13H,2,5-6,11-12H2,1H3,(H,20,23). The quantitative estimate of drug-likeness (QED) is 0.606. The average Bonchev–Trinajstić information content (AvgIpc) is 2.67. The molecule has 0 saturated carbocycles. The molecule has 28 heavy (non-hydrogen) atoms. The van der Waals surface area contributed by atoms with Gasteiger partial charge in [0.15, 0.2) is 9.84 Å². The number of sulfone groups is 1. The minimum atomic E-state index is -3.53. The van der Waals surface area contributed by atoms with Crippen LogP contribution in [0.1, 0.15) is 29.6 Å². The lowest BCUT2D eigenvalue weighted by molar-refractivity contribution is -0.384. The van der Waals surface area contributed by atoms with Gasteiger partial charge < -0.3 is 10.2 Å². The third-order valence-electron chi connectivity index (χ3n) is 4.67. The first-order valence-corrected chi connectivity index (χ1v) is 10.8. The highest BCUT2D eigenvalue weighted by molar-refractivity contribution is 7.90. The van der Waals surface area contributed by atoms with Gasteiger partial charge in [0, 0.05) is 31.0 Å². The van der Waals surface area contributed by atoms with Crippen molar-refractivity contribution in [1.29, 1.82) is 0 Å². The van der Waals surface area contributed by atoms with Gasteiger partial charge in [0.05, 0.1) is 15.5 Å². The predicted octanol–water partition coefficient (Wildman–Crippen LogP) is 3.24.